The maximum absolute atomic E-state index is 14.3. The predicted octanol–water partition coefficient (Wildman–Crippen LogP) is 2.47. The molecule has 1 spiro atoms. The van der Waals surface area contributed by atoms with Gasteiger partial charge in [0, 0.05) is 24.8 Å². The molecule has 0 aliphatic heterocycles. The Balaban J connectivity index is 1.41. The van der Waals surface area contributed by atoms with E-state index >= 15 is 0 Å². The van der Waals surface area contributed by atoms with Gasteiger partial charge in [0.1, 0.15) is 17.4 Å². The fourth-order valence-electron chi connectivity index (χ4n) is 6.78. The maximum atomic E-state index is 14.3. The van der Waals surface area contributed by atoms with Crippen LogP contribution in [0, 0.1) is 28.9 Å². The first-order valence-electron chi connectivity index (χ1n) is 10.6. The molecule has 3 fully saturated rings. The number of aromatic nitrogens is 2. The zero-order valence-electron chi connectivity index (χ0n) is 17.6. The van der Waals surface area contributed by atoms with E-state index in [0.717, 1.165) is 17.4 Å². The number of rotatable bonds is 6. The average molecular weight is 458 g/mol. The Morgan fingerprint density at radius 2 is 1.94 bits per heavy atom. The van der Waals surface area contributed by atoms with E-state index in [0.29, 0.717) is 30.6 Å². The molecular formula is C23H21F2N3O3S. The summed E-state index contributed by atoms with van der Waals surface area (Å²) in [5.41, 5.74) is 2.06. The lowest BCUT2D eigenvalue weighted by Gasteiger charge is -2.57. The second-order valence-electron chi connectivity index (χ2n) is 9.47. The molecule has 6 nitrogen and oxygen atoms in total. The quantitative estimate of drug-likeness (QED) is 0.623. The van der Waals surface area contributed by atoms with E-state index < -0.39 is 38.5 Å². The van der Waals surface area contributed by atoms with Gasteiger partial charge in [-0.1, -0.05) is 18.2 Å². The van der Waals surface area contributed by atoms with Crippen molar-refractivity contribution in [1.82, 2.24) is 15.1 Å². The minimum absolute atomic E-state index is 0.0143. The van der Waals surface area contributed by atoms with Crippen molar-refractivity contribution in [3.8, 4) is 11.3 Å². The molecule has 3 unspecified atom stereocenters. The number of nitrogens with zero attached hydrogens (tertiary/aromatic N) is 3. The second kappa shape index (κ2) is 5.81. The van der Waals surface area contributed by atoms with E-state index in [2.05, 4.69) is 16.8 Å². The van der Waals surface area contributed by atoms with Gasteiger partial charge in [-0.25, -0.2) is 17.2 Å². The van der Waals surface area contributed by atoms with Gasteiger partial charge in [0.25, 0.3) is 0 Å². The van der Waals surface area contributed by atoms with Crippen LogP contribution in [0.3, 0.4) is 0 Å². The van der Waals surface area contributed by atoms with Gasteiger partial charge in [-0.05, 0) is 48.4 Å². The van der Waals surface area contributed by atoms with E-state index in [4.69, 9.17) is 0 Å². The Kier molecular flexibility index (Phi) is 3.62. The zero-order valence-corrected chi connectivity index (χ0v) is 18.4. The predicted molar refractivity (Wildman–Crippen MR) is 112 cm³/mol. The number of likely N-dealkylation sites (N-methyl/N-ethyl adjacent to an activating group) is 1. The van der Waals surface area contributed by atoms with Crippen LogP contribution < -0.4 is 0 Å². The summed E-state index contributed by atoms with van der Waals surface area (Å²) in [6.07, 6.45) is 1.04. The highest BCUT2D eigenvalue weighted by Gasteiger charge is 3.02. The molecule has 4 aliphatic carbocycles. The Morgan fingerprint density at radius 3 is 2.50 bits per heavy atom. The molecule has 0 bridgehead atoms. The lowest BCUT2D eigenvalue weighted by molar-refractivity contribution is -0.129. The third kappa shape index (κ3) is 2.13. The summed E-state index contributed by atoms with van der Waals surface area (Å²) in [5.74, 6) is -1.41. The van der Waals surface area contributed by atoms with Crippen molar-refractivity contribution in [2.45, 2.75) is 18.3 Å². The van der Waals surface area contributed by atoms with Crippen molar-refractivity contribution in [3.05, 3.63) is 59.3 Å². The van der Waals surface area contributed by atoms with Gasteiger partial charge in [-0.15, -0.1) is 5.10 Å². The molecule has 9 heteroatoms. The van der Waals surface area contributed by atoms with Crippen LogP contribution in [-0.4, -0.2) is 54.5 Å². The van der Waals surface area contributed by atoms with Crippen molar-refractivity contribution >= 4 is 15.7 Å². The average Bonchev–Trinajstić information content (AvgIpc) is 3.58. The van der Waals surface area contributed by atoms with Gasteiger partial charge in [-0.2, -0.15) is 5.10 Å². The number of sulfone groups is 1. The first-order chi connectivity index (χ1) is 15.1. The minimum Gasteiger partial charge on any atom is -0.341 e. The molecule has 3 saturated carbocycles. The van der Waals surface area contributed by atoms with Crippen LogP contribution in [0.1, 0.15) is 24.1 Å². The molecule has 0 N–H and O–H groups in total. The van der Waals surface area contributed by atoms with Crippen molar-refractivity contribution in [3.63, 3.8) is 0 Å². The highest BCUT2D eigenvalue weighted by Crippen LogP contribution is 3.05. The van der Waals surface area contributed by atoms with Crippen LogP contribution in [0.4, 0.5) is 8.78 Å². The molecule has 1 amide bonds. The SMILES string of the molecule is C=C1C23C4C2[C@]1(CN(CC)C(=O)CS(C)(=O)=O)c1nnc(-c2c(F)cccc2F)cc1[C@H]43. The molecule has 5 atom stereocenters. The highest BCUT2D eigenvalue weighted by molar-refractivity contribution is 7.91. The molecule has 1 heterocycles. The number of amides is 1. The first-order valence-corrected chi connectivity index (χ1v) is 12.6. The molecular weight excluding hydrogens is 436 g/mol. The Hall–Kier alpha value is -2.68. The van der Waals surface area contributed by atoms with Crippen LogP contribution >= 0.6 is 0 Å². The van der Waals surface area contributed by atoms with Gasteiger partial charge in [0.05, 0.1) is 22.4 Å². The molecule has 166 valence electrons. The number of halogens is 2. The summed E-state index contributed by atoms with van der Waals surface area (Å²) in [6, 6.07) is 5.42. The summed E-state index contributed by atoms with van der Waals surface area (Å²) in [7, 11) is -3.46. The van der Waals surface area contributed by atoms with Gasteiger partial charge in [-0.3, -0.25) is 4.79 Å². The van der Waals surface area contributed by atoms with Crippen LogP contribution in [0.15, 0.2) is 36.4 Å². The van der Waals surface area contributed by atoms with Gasteiger partial charge in [0.2, 0.25) is 5.91 Å². The fraction of sp³-hybridized carbons (Fsp3) is 0.435. The number of hydrogen-bond acceptors (Lipinski definition) is 5. The lowest BCUT2D eigenvalue weighted by atomic mass is 9.48. The topological polar surface area (TPSA) is 80.2 Å². The lowest BCUT2D eigenvalue weighted by Crippen LogP contribution is -2.60. The van der Waals surface area contributed by atoms with E-state index in [-0.39, 0.29) is 22.6 Å². The fourth-order valence-corrected chi connectivity index (χ4v) is 7.41. The minimum atomic E-state index is -3.46. The van der Waals surface area contributed by atoms with Crippen LogP contribution in [-0.2, 0) is 20.0 Å². The highest BCUT2D eigenvalue weighted by atomic mass is 32.2. The largest absolute Gasteiger partial charge is 0.341 e. The molecule has 0 saturated heterocycles. The monoisotopic (exact) mass is 457 g/mol. The number of carbonyl (C=O) groups is 1. The summed E-state index contributed by atoms with van der Waals surface area (Å²) in [5, 5.41) is 8.60. The third-order valence-electron chi connectivity index (χ3n) is 8.03. The van der Waals surface area contributed by atoms with E-state index in [1.165, 1.54) is 18.2 Å². The molecule has 2 aromatic rings. The summed E-state index contributed by atoms with van der Waals surface area (Å²) in [4.78, 5) is 14.2. The number of hydrogen-bond donors (Lipinski definition) is 0. The number of benzene rings is 1. The molecule has 1 aromatic heterocycles. The van der Waals surface area contributed by atoms with Crippen molar-refractivity contribution in [2.75, 3.05) is 25.1 Å². The standard InChI is InChI=1S/C23H21F2N3O3S/c1-4-28(16(29)9-32(3,30)31)10-22-11(2)23-18(19(23)20(22)23)12-8-15(26-27-21(12)22)17-13(24)6-5-7-14(17)25/h5-8,18-20H,2,4,9-10H2,1,3H3/t18-,19?,20?,22-,23?/m1/s1. The van der Waals surface area contributed by atoms with Crippen molar-refractivity contribution in [2.24, 2.45) is 17.3 Å². The van der Waals surface area contributed by atoms with Gasteiger partial charge >= 0.3 is 0 Å². The van der Waals surface area contributed by atoms with Crippen LogP contribution in [0.25, 0.3) is 11.3 Å². The Bertz CT molecular complexity index is 1340. The molecule has 4 aliphatic rings. The number of carbonyl (C=O) groups excluding carboxylic acids is 1. The summed E-state index contributed by atoms with van der Waals surface area (Å²) < 4.78 is 52.0. The molecule has 6 rings (SSSR count). The summed E-state index contributed by atoms with van der Waals surface area (Å²) >= 11 is 0. The molecule has 0 radical (unpaired) electrons. The maximum Gasteiger partial charge on any atom is 0.237 e. The van der Waals surface area contributed by atoms with Crippen LogP contribution in [0.5, 0.6) is 0 Å². The van der Waals surface area contributed by atoms with Gasteiger partial charge in [0.15, 0.2) is 9.84 Å². The van der Waals surface area contributed by atoms with E-state index in [1.807, 2.05) is 6.92 Å². The normalized spacial score (nSPS) is 32.5. The zero-order chi connectivity index (χ0) is 22.8. The molecule has 32 heavy (non-hydrogen) atoms. The Labute approximate surface area is 184 Å². The van der Waals surface area contributed by atoms with Gasteiger partial charge < -0.3 is 4.90 Å². The van der Waals surface area contributed by atoms with E-state index in [9.17, 15) is 22.0 Å². The van der Waals surface area contributed by atoms with Crippen molar-refractivity contribution in [1.29, 1.82) is 0 Å². The third-order valence-corrected chi connectivity index (χ3v) is 8.80. The summed E-state index contributed by atoms with van der Waals surface area (Å²) in [6.45, 7) is 6.80. The van der Waals surface area contributed by atoms with Crippen molar-refractivity contribution < 1.29 is 22.0 Å². The first kappa shape index (κ1) is 20.0. The second-order valence-corrected chi connectivity index (χ2v) is 11.6. The Morgan fingerprint density at radius 1 is 1.25 bits per heavy atom. The number of fused-ring (bicyclic) bond motifs is 3. The molecule has 1 aromatic carbocycles. The van der Waals surface area contributed by atoms with Crippen LogP contribution in [0.2, 0.25) is 0 Å². The smallest absolute Gasteiger partial charge is 0.237 e. The van der Waals surface area contributed by atoms with E-state index in [1.54, 1.807) is 11.0 Å².